The van der Waals surface area contributed by atoms with Crippen molar-refractivity contribution in [1.29, 1.82) is 0 Å². The number of hydrogen-bond acceptors (Lipinski definition) is 3. The molecule has 1 aliphatic heterocycles. The predicted octanol–water partition coefficient (Wildman–Crippen LogP) is 2.73. The van der Waals surface area contributed by atoms with Crippen LogP contribution in [0.1, 0.15) is 31.9 Å². The Balaban J connectivity index is 0.00000288. The van der Waals surface area contributed by atoms with Crippen LogP contribution in [0.4, 0.5) is 10.5 Å². The van der Waals surface area contributed by atoms with Crippen molar-refractivity contribution in [3.63, 3.8) is 0 Å². The quantitative estimate of drug-likeness (QED) is 0.741. The summed E-state index contributed by atoms with van der Waals surface area (Å²) in [7, 11) is 0. The van der Waals surface area contributed by atoms with E-state index in [1.54, 1.807) is 4.90 Å². The van der Waals surface area contributed by atoms with Crippen molar-refractivity contribution < 1.29 is 47.0 Å². The van der Waals surface area contributed by atoms with Crippen molar-refractivity contribution >= 4 is 17.7 Å². The molecule has 1 unspecified atom stereocenters. The van der Waals surface area contributed by atoms with E-state index in [0.29, 0.717) is 19.0 Å². The molecular formula is C18H24N2O3Y-2. The maximum atomic E-state index is 12.0. The van der Waals surface area contributed by atoms with Gasteiger partial charge in [0.05, 0.1) is 13.1 Å². The van der Waals surface area contributed by atoms with E-state index in [0.717, 1.165) is 17.7 Å². The van der Waals surface area contributed by atoms with Gasteiger partial charge in [0.15, 0.2) is 0 Å². The molecule has 0 aliphatic carbocycles. The van der Waals surface area contributed by atoms with Crippen LogP contribution in [0.5, 0.6) is 0 Å². The largest absolute Gasteiger partial charge is 0.442 e. The third-order valence-corrected chi connectivity index (χ3v) is 4.07. The van der Waals surface area contributed by atoms with Crippen LogP contribution in [-0.2, 0) is 48.7 Å². The zero-order valence-corrected chi connectivity index (χ0v) is 17.4. The molecule has 1 heterocycles. The van der Waals surface area contributed by atoms with Crippen LogP contribution in [0.15, 0.2) is 18.2 Å². The van der Waals surface area contributed by atoms with Crippen LogP contribution in [0.25, 0.3) is 0 Å². The van der Waals surface area contributed by atoms with E-state index in [1.807, 2.05) is 18.2 Å². The van der Waals surface area contributed by atoms with Gasteiger partial charge in [-0.05, 0) is 5.69 Å². The summed E-state index contributed by atoms with van der Waals surface area (Å²) in [5, 5.41) is 2.67. The number of nitrogens with one attached hydrogen (secondary N) is 1. The number of nitrogens with zero attached hydrogens (tertiary/aromatic N) is 1. The maximum absolute atomic E-state index is 12.0. The third kappa shape index (κ3) is 5.49. The summed E-state index contributed by atoms with van der Waals surface area (Å²) in [6, 6.07) is 5.86. The minimum Gasteiger partial charge on any atom is -0.442 e. The van der Waals surface area contributed by atoms with Crippen molar-refractivity contribution in [2.45, 2.75) is 33.3 Å². The van der Waals surface area contributed by atoms with Gasteiger partial charge in [-0.25, -0.2) is 4.79 Å². The summed E-state index contributed by atoms with van der Waals surface area (Å²) >= 11 is 0. The Morgan fingerprint density at radius 2 is 2.25 bits per heavy atom. The molecule has 1 N–H and O–H groups in total. The minimum atomic E-state index is -0.386. The average molecular weight is 405 g/mol. The molecule has 1 aliphatic rings. The Kier molecular flexibility index (Phi) is 8.24. The van der Waals surface area contributed by atoms with E-state index in [-0.39, 0.29) is 50.8 Å². The Morgan fingerprint density at radius 3 is 2.83 bits per heavy atom. The second-order valence-electron chi connectivity index (χ2n) is 6.02. The van der Waals surface area contributed by atoms with E-state index in [2.05, 4.69) is 32.5 Å². The summed E-state index contributed by atoms with van der Waals surface area (Å²) in [6.45, 7) is 10.5. The number of rotatable bonds is 6. The van der Waals surface area contributed by atoms with Gasteiger partial charge >= 0.3 is 6.09 Å². The molecule has 1 fully saturated rings. The molecule has 5 nitrogen and oxygen atoms in total. The molecule has 0 bridgehead atoms. The number of carbonyl (C=O) groups is 2. The van der Waals surface area contributed by atoms with Gasteiger partial charge in [-0.15, -0.1) is 12.1 Å². The molecule has 0 aromatic heterocycles. The van der Waals surface area contributed by atoms with Crippen LogP contribution < -0.4 is 10.2 Å². The summed E-state index contributed by atoms with van der Waals surface area (Å²) in [5.41, 5.74) is 2.89. The zero-order valence-electron chi connectivity index (χ0n) is 14.5. The van der Waals surface area contributed by atoms with Gasteiger partial charge in [0, 0.05) is 39.6 Å². The van der Waals surface area contributed by atoms with Gasteiger partial charge in [-0.3, -0.25) is 9.69 Å². The van der Waals surface area contributed by atoms with Gasteiger partial charge < -0.3 is 16.5 Å². The number of amides is 2. The summed E-state index contributed by atoms with van der Waals surface area (Å²) < 4.78 is 5.28. The minimum absolute atomic E-state index is 0. The normalized spacial score (nSPS) is 17.9. The fraction of sp³-hybridized carbons (Fsp3) is 0.444. The SMILES string of the molecule is [CH2-]c1cc(N2C[C@H](CNC(C)=O)OC2=O)ccc1CC(C)[CH-]C.[Y]. The molecule has 2 rings (SSSR count). The van der Waals surface area contributed by atoms with Crippen molar-refractivity contribution in [2.24, 2.45) is 5.92 Å². The molecule has 1 aromatic carbocycles. The summed E-state index contributed by atoms with van der Waals surface area (Å²) in [4.78, 5) is 24.6. The number of hydrogen-bond donors (Lipinski definition) is 1. The van der Waals surface area contributed by atoms with Gasteiger partial charge in [0.2, 0.25) is 5.91 Å². The van der Waals surface area contributed by atoms with Crippen LogP contribution >= 0.6 is 0 Å². The predicted molar refractivity (Wildman–Crippen MR) is 90.0 cm³/mol. The maximum Gasteiger partial charge on any atom is 0.413 e. The van der Waals surface area contributed by atoms with Crippen LogP contribution in [-0.4, -0.2) is 31.2 Å². The van der Waals surface area contributed by atoms with E-state index in [1.165, 1.54) is 12.5 Å². The third-order valence-electron chi connectivity index (χ3n) is 4.07. The Labute approximate surface area is 169 Å². The van der Waals surface area contributed by atoms with Gasteiger partial charge in [0.1, 0.15) is 6.10 Å². The molecule has 1 radical (unpaired) electrons. The topological polar surface area (TPSA) is 58.6 Å². The molecule has 2 amide bonds. The average Bonchev–Trinajstić information content (AvgIpc) is 2.88. The molecule has 0 spiro atoms. The second kappa shape index (κ2) is 9.43. The van der Waals surface area contributed by atoms with Crippen molar-refractivity contribution in [3.05, 3.63) is 42.7 Å². The standard InChI is InChI=1S/C18H24N2O3.Y/c1-5-12(2)8-15-6-7-16(9-13(15)3)20-11-17(23-18(20)22)10-19-14(4)21;/h5-7,9,12,17H,3,8,10-11H2,1-2,4H3,(H,19,21);/q-2;/t12?,17-;/m0./s1. The van der Waals surface area contributed by atoms with Gasteiger partial charge in [0.25, 0.3) is 0 Å². The molecule has 1 saturated heterocycles. The van der Waals surface area contributed by atoms with Crippen molar-refractivity contribution in [3.8, 4) is 0 Å². The fourth-order valence-corrected chi connectivity index (χ4v) is 2.54. The number of anilines is 1. The summed E-state index contributed by atoms with van der Waals surface area (Å²) in [5.74, 6) is 0.353. The number of carbonyl (C=O) groups excluding carboxylic acids is 2. The van der Waals surface area contributed by atoms with E-state index in [4.69, 9.17) is 4.74 Å². The first-order chi connectivity index (χ1) is 10.9. The van der Waals surface area contributed by atoms with Crippen LogP contribution in [0.2, 0.25) is 0 Å². The van der Waals surface area contributed by atoms with Crippen molar-refractivity contribution in [1.82, 2.24) is 5.32 Å². The van der Waals surface area contributed by atoms with E-state index >= 15 is 0 Å². The first-order valence-electron chi connectivity index (χ1n) is 7.87. The first kappa shape index (κ1) is 21.0. The molecule has 2 atom stereocenters. The van der Waals surface area contributed by atoms with Crippen molar-refractivity contribution in [2.75, 3.05) is 18.0 Å². The second-order valence-corrected chi connectivity index (χ2v) is 6.02. The van der Waals surface area contributed by atoms with Gasteiger partial charge in [-0.2, -0.15) is 30.9 Å². The molecule has 1 aromatic rings. The smallest absolute Gasteiger partial charge is 0.413 e. The Morgan fingerprint density at radius 1 is 1.54 bits per heavy atom. The Hall–Kier alpha value is -1.07. The molecule has 6 heteroatoms. The molecule has 129 valence electrons. The van der Waals surface area contributed by atoms with Gasteiger partial charge in [-0.1, -0.05) is 19.4 Å². The monoisotopic (exact) mass is 405 g/mol. The van der Waals surface area contributed by atoms with E-state index < -0.39 is 0 Å². The van der Waals surface area contributed by atoms with E-state index in [9.17, 15) is 9.59 Å². The molecular weight excluding hydrogens is 381 g/mol. The van der Waals surface area contributed by atoms with Crippen LogP contribution in [0, 0.1) is 19.3 Å². The first-order valence-corrected chi connectivity index (χ1v) is 7.87. The molecule has 24 heavy (non-hydrogen) atoms. The number of benzene rings is 1. The number of cyclic esters (lactones) is 1. The fourth-order valence-electron chi connectivity index (χ4n) is 2.54. The molecule has 0 saturated carbocycles. The Bertz CT molecular complexity index is 592. The van der Waals surface area contributed by atoms with Crippen LogP contribution in [0.3, 0.4) is 0 Å². The summed E-state index contributed by atoms with van der Waals surface area (Å²) in [6.07, 6.45) is 2.39. The number of ether oxygens (including phenoxy) is 1. The zero-order chi connectivity index (χ0) is 17.0.